The Balaban J connectivity index is 1.37. The minimum Gasteiger partial charge on any atom is -0.343 e. The Morgan fingerprint density at radius 3 is 2.57 bits per heavy atom. The summed E-state index contributed by atoms with van der Waals surface area (Å²) in [6.45, 7) is -0.135. The summed E-state index contributed by atoms with van der Waals surface area (Å²) in [4.78, 5) is 35.0. The monoisotopic (exact) mass is 414 g/mol. The first-order valence-corrected chi connectivity index (χ1v) is 10.1. The van der Waals surface area contributed by atoms with E-state index in [0.29, 0.717) is 11.3 Å². The Bertz CT molecular complexity index is 1190. The van der Waals surface area contributed by atoms with Gasteiger partial charge in [0.1, 0.15) is 0 Å². The van der Waals surface area contributed by atoms with Crippen molar-refractivity contribution in [2.75, 3.05) is 11.9 Å². The third-order valence-corrected chi connectivity index (χ3v) is 5.32. The molecule has 0 saturated carbocycles. The molecule has 0 unspecified atom stereocenters. The first kappa shape index (κ1) is 19.6. The van der Waals surface area contributed by atoms with E-state index in [4.69, 9.17) is 0 Å². The zero-order valence-corrected chi connectivity index (χ0v) is 16.7. The van der Waals surface area contributed by atoms with Gasteiger partial charge in [-0.25, -0.2) is 0 Å². The molecule has 0 fully saturated rings. The van der Waals surface area contributed by atoms with E-state index in [1.807, 2.05) is 60.7 Å². The summed E-state index contributed by atoms with van der Waals surface area (Å²) < 4.78 is 0. The van der Waals surface area contributed by atoms with Crippen LogP contribution in [0.2, 0.25) is 0 Å². The van der Waals surface area contributed by atoms with Crippen molar-refractivity contribution in [2.45, 2.75) is 9.79 Å². The van der Waals surface area contributed by atoms with Crippen LogP contribution < -0.4 is 10.6 Å². The highest BCUT2D eigenvalue weighted by molar-refractivity contribution is 7.99. The number of hydrogen-bond acceptors (Lipinski definition) is 5. The van der Waals surface area contributed by atoms with Gasteiger partial charge >= 0.3 is 0 Å². The van der Waals surface area contributed by atoms with Gasteiger partial charge in [-0.05, 0) is 35.7 Å². The van der Waals surface area contributed by atoms with Crippen LogP contribution in [0.25, 0.3) is 10.8 Å². The minimum atomic E-state index is -0.337. The molecule has 2 aromatic carbocycles. The van der Waals surface area contributed by atoms with Crippen LogP contribution in [-0.2, 0) is 4.79 Å². The third-order valence-electron chi connectivity index (χ3n) is 4.33. The van der Waals surface area contributed by atoms with E-state index < -0.39 is 0 Å². The largest absolute Gasteiger partial charge is 0.343 e. The van der Waals surface area contributed by atoms with Crippen LogP contribution in [0, 0.1) is 0 Å². The average molecular weight is 414 g/mol. The van der Waals surface area contributed by atoms with E-state index >= 15 is 0 Å². The van der Waals surface area contributed by atoms with Gasteiger partial charge in [0.05, 0.1) is 12.1 Å². The molecule has 2 aromatic heterocycles. The lowest BCUT2D eigenvalue weighted by Crippen LogP contribution is -2.33. The number of carbonyl (C=O) groups excluding carboxylic acids is 2. The fourth-order valence-electron chi connectivity index (χ4n) is 2.94. The molecule has 2 N–H and O–H groups in total. The second kappa shape index (κ2) is 9.19. The molecule has 6 nitrogen and oxygen atoms in total. The van der Waals surface area contributed by atoms with Crippen molar-refractivity contribution in [1.82, 2.24) is 15.3 Å². The van der Waals surface area contributed by atoms with Crippen molar-refractivity contribution in [1.29, 1.82) is 0 Å². The SMILES string of the molecule is O=C(CNC(=O)c1cncc2ccccc12)Nc1cccc(Sc2ccncc2)c1. The lowest BCUT2D eigenvalue weighted by molar-refractivity contribution is -0.115. The van der Waals surface area contributed by atoms with Crippen molar-refractivity contribution in [3.8, 4) is 0 Å². The lowest BCUT2D eigenvalue weighted by Gasteiger charge is -2.09. The normalized spacial score (nSPS) is 10.5. The second-order valence-corrected chi connectivity index (χ2v) is 7.60. The highest BCUT2D eigenvalue weighted by atomic mass is 32.2. The summed E-state index contributed by atoms with van der Waals surface area (Å²) in [5.41, 5.74) is 1.11. The zero-order valence-electron chi connectivity index (χ0n) is 15.9. The Labute approximate surface area is 177 Å². The maximum atomic E-state index is 12.5. The molecule has 7 heteroatoms. The van der Waals surface area contributed by atoms with Crippen LogP contribution in [0.1, 0.15) is 10.4 Å². The van der Waals surface area contributed by atoms with E-state index in [1.54, 1.807) is 30.4 Å². The maximum Gasteiger partial charge on any atom is 0.253 e. The van der Waals surface area contributed by atoms with Gasteiger partial charge in [-0.1, -0.05) is 42.1 Å². The Morgan fingerprint density at radius 1 is 0.867 bits per heavy atom. The van der Waals surface area contributed by atoms with E-state index in [-0.39, 0.29) is 18.4 Å². The molecule has 148 valence electrons. The number of amides is 2. The number of carbonyl (C=O) groups is 2. The highest BCUT2D eigenvalue weighted by Gasteiger charge is 2.12. The van der Waals surface area contributed by atoms with Crippen molar-refractivity contribution in [3.63, 3.8) is 0 Å². The van der Waals surface area contributed by atoms with Gasteiger partial charge in [0.2, 0.25) is 5.91 Å². The molecule has 0 atom stereocenters. The Hall–Kier alpha value is -3.71. The number of nitrogens with one attached hydrogen (secondary N) is 2. The molecule has 0 aliphatic rings. The molecule has 0 spiro atoms. The first-order valence-electron chi connectivity index (χ1n) is 9.28. The van der Waals surface area contributed by atoms with Crippen LogP contribution in [-0.4, -0.2) is 28.3 Å². The number of hydrogen-bond donors (Lipinski definition) is 2. The van der Waals surface area contributed by atoms with E-state index in [9.17, 15) is 9.59 Å². The molecule has 0 aliphatic heterocycles. The van der Waals surface area contributed by atoms with E-state index in [2.05, 4.69) is 20.6 Å². The second-order valence-electron chi connectivity index (χ2n) is 6.45. The van der Waals surface area contributed by atoms with Gasteiger partial charge in [-0.3, -0.25) is 19.6 Å². The molecular weight excluding hydrogens is 396 g/mol. The van der Waals surface area contributed by atoms with E-state index in [0.717, 1.165) is 20.6 Å². The van der Waals surface area contributed by atoms with Gasteiger partial charge in [-0.15, -0.1) is 0 Å². The highest BCUT2D eigenvalue weighted by Crippen LogP contribution is 2.28. The van der Waals surface area contributed by atoms with Gasteiger partial charge in [0, 0.05) is 45.7 Å². The van der Waals surface area contributed by atoms with Crippen LogP contribution in [0.3, 0.4) is 0 Å². The molecular formula is C23H18N4O2S. The molecule has 30 heavy (non-hydrogen) atoms. The first-order chi connectivity index (χ1) is 14.7. The van der Waals surface area contributed by atoms with Crippen LogP contribution in [0.4, 0.5) is 5.69 Å². The standard InChI is InChI=1S/C23H18N4O2S/c28-22(15-26-23(29)21-14-25-13-16-4-1-2-7-20(16)21)27-17-5-3-6-19(12-17)30-18-8-10-24-11-9-18/h1-14H,15H2,(H,26,29)(H,27,28). The van der Waals surface area contributed by atoms with Crippen molar-refractivity contribution in [2.24, 2.45) is 0 Å². The van der Waals surface area contributed by atoms with Gasteiger partial charge in [0.25, 0.3) is 5.91 Å². The molecule has 4 rings (SSSR count). The van der Waals surface area contributed by atoms with Gasteiger partial charge in [-0.2, -0.15) is 0 Å². The number of rotatable bonds is 6. The van der Waals surface area contributed by atoms with E-state index in [1.165, 1.54) is 6.20 Å². The topological polar surface area (TPSA) is 84.0 Å². The molecule has 4 aromatic rings. The average Bonchev–Trinajstić information content (AvgIpc) is 2.78. The summed E-state index contributed by atoms with van der Waals surface area (Å²) in [5, 5.41) is 7.15. The van der Waals surface area contributed by atoms with Crippen molar-refractivity contribution < 1.29 is 9.59 Å². The van der Waals surface area contributed by atoms with Crippen LogP contribution in [0.15, 0.2) is 95.2 Å². The number of benzene rings is 2. The summed E-state index contributed by atoms with van der Waals surface area (Å²) in [6.07, 6.45) is 6.69. The minimum absolute atomic E-state index is 0.135. The number of aromatic nitrogens is 2. The van der Waals surface area contributed by atoms with Gasteiger partial charge < -0.3 is 10.6 Å². The predicted molar refractivity (Wildman–Crippen MR) is 118 cm³/mol. The third kappa shape index (κ3) is 4.82. The summed E-state index contributed by atoms with van der Waals surface area (Å²) in [6, 6.07) is 18.9. The smallest absolute Gasteiger partial charge is 0.253 e. The fraction of sp³-hybridized carbons (Fsp3) is 0.0435. The predicted octanol–water partition coefficient (Wildman–Crippen LogP) is 4.15. The summed E-state index contributed by atoms with van der Waals surface area (Å²) >= 11 is 1.58. The summed E-state index contributed by atoms with van der Waals surface area (Å²) in [7, 11) is 0. The molecule has 0 bridgehead atoms. The number of pyridine rings is 2. The van der Waals surface area contributed by atoms with Crippen molar-refractivity contribution >= 4 is 40.0 Å². The van der Waals surface area contributed by atoms with Gasteiger partial charge in [0.15, 0.2) is 0 Å². The summed E-state index contributed by atoms with van der Waals surface area (Å²) in [5.74, 6) is -0.640. The molecule has 2 heterocycles. The quantitative estimate of drug-likeness (QED) is 0.495. The molecule has 2 amide bonds. The number of anilines is 1. The Morgan fingerprint density at radius 2 is 1.70 bits per heavy atom. The zero-order chi connectivity index (χ0) is 20.8. The molecule has 0 saturated heterocycles. The van der Waals surface area contributed by atoms with Crippen LogP contribution >= 0.6 is 11.8 Å². The fourth-order valence-corrected chi connectivity index (χ4v) is 3.80. The number of nitrogens with zero attached hydrogens (tertiary/aromatic N) is 2. The molecule has 0 aliphatic carbocycles. The van der Waals surface area contributed by atoms with Crippen molar-refractivity contribution in [3.05, 3.63) is 91.0 Å². The lowest BCUT2D eigenvalue weighted by atomic mass is 10.1. The van der Waals surface area contributed by atoms with Crippen LogP contribution in [0.5, 0.6) is 0 Å². The Kier molecular flexibility index (Phi) is 6.01. The molecule has 0 radical (unpaired) electrons. The maximum absolute atomic E-state index is 12.5. The number of fused-ring (bicyclic) bond motifs is 1.